The number of azo groups is 1. The molecule has 3 aromatic rings. The highest BCUT2D eigenvalue weighted by atomic mass is 32.2. The highest BCUT2D eigenvalue weighted by Crippen LogP contribution is 2.37. The Balaban J connectivity index is 2.09. The molecule has 0 aliphatic heterocycles. The van der Waals surface area contributed by atoms with E-state index in [1.54, 1.807) is 25.1 Å². The van der Waals surface area contributed by atoms with E-state index in [1.807, 2.05) is 12.1 Å². The Morgan fingerprint density at radius 1 is 1.07 bits per heavy atom. The number of aryl methyl sites for hydroxylation is 1. The van der Waals surface area contributed by atoms with Crippen molar-refractivity contribution >= 4 is 43.6 Å². The summed E-state index contributed by atoms with van der Waals surface area (Å²) < 4.78 is 58.2. The van der Waals surface area contributed by atoms with Crippen LogP contribution in [0.5, 0.6) is 5.75 Å². The first kappa shape index (κ1) is 19.1. The Kier molecular flexibility index (Phi) is 5.33. The number of nitrogens with zero attached hydrogens (tertiary/aromatic N) is 2. The van der Waals surface area contributed by atoms with Gasteiger partial charge in [0.15, 0.2) is 5.75 Å². The average Bonchev–Trinajstić information content (AvgIpc) is 2.60. The van der Waals surface area contributed by atoms with E-state index in [9.17, 15) is 17.2 Å². The van der Waals surface area contributed by atoms with Crippen LogP contribution in [-0.2, 0) is 21.5 Å². The smallest absolute Gasteiger partial charge is 0.294 e. The first-order chi connectivity index (χ1) is 12.8. The van der Waals surface area contributed by atoms with E-state index in [2.05, 4.69) is 10.2 Å². The molecule has 0 saturated heterocycles. The SMILES string of the molecule is Cc1cc(S(=O)(=O)O)ccc1N=Nc1c(OS(=O)[O-])ccc2ccccc12. The first-order valence-electron chi connectivity index (χ1n) is 7.55. The highest BCUT2D eigenvalue weighted by Gasteiger charge is 2.12. The second-order valence-electron chi connectivity index (χ2n) is 5.54. The topological polar surface area (TPSA) is 128 Å². The van der Waals surface area contributed by atoms with Gasteiger partial charge in [0.05, 0.1) is 10.6 Å². The van der Waals surface area contributed by atoms with Crippen LogP contribution in [0, 0.1) is 6.92 Å². The Morgan fingerprint density at radius 2 is 1.81 bits per heavy atom. The van der Waals surface area contributed by atoms with Crippen LogP contribution in [0.1, 0.15) is 5.56 Å². The summed E-state index contributed by atoms with van der Waals surface area (Å²) in [5.74, 6) is 0.0120. The van der Waals surface area contributed by atoms with Gasteiger partial charge in [-0.15, -0.1) is 5.11 Å². The van der Waals surface area contributed by atoms with Crippen molar-refractivity contribution in [1.29, 1.82) is 0 Å². The van der Waals surface area contributed by atoms with Gasteiger partial charge in [0.1, 0.15) is 17.0 Å². The molecule has 0 aromatic heterocycles. The first-order valence-corrected chi connectivity index (χ1v) is 9.99. The zero-order chi connectivity index (χ0) is 19.6. The number of hydrogen-bond acceptors (Lipinski definition) is 7. The van der Waals surface area contributed by atoms with E-state index < -0.39 is 21.5 Å². The van der Waals surface area contributed by atoms with Gasteiger partial charge in [-0.25, -0.2) is 4.21 Å². The fourth-order valence-corrected chi connectivity index (χ4v) is 3.33. The van der Waals surface area contributed by atoms with Gasteiger partial charge in [0.25, 0.3) is 10.1 Å². The largest absolute Gasteiger partial charge is 0.740 e. The third-order valence-electron chi connectivity index (χ3n) is 3.75. The molecular formula is C17H13N2O6S2-. The Morgan fingerprint density at radius 3 is 2.48 bits per heavy atom. The van der Waals surface area contributed by atoms with Crippen LogP contribution in [0.4, 0.5) is 11.4 Å². The lowest BCUT2D eigenvalue weighted by Crippen LogP contribution is -1.98. The standard InChI is InChI=1S/C17H14N2O6S2/c1-11-10-13(27(22,23)24)7-8-15(11)18-19-17-14-5-3-2-4-12(14)6-9-16(17)25-26(20)21/h2-10H,1H3,(H,20,21)(H,22,23,24)/p-1. The maximum atomic E-state index is 11.2. The fraction of sp³-hybridized carbons (Fsp3) is 0.0588. The lowest BCUT2D eigenvalue weighted by atomic mass is 10.1. The van der Waals surface area contributed by atoms with Gasteiger partial charge in [-0.3, -0.25) is 4.55 Å². The van der Waals surface area contributed by atoms with Crippen molar-refractivity contribution in [2.24, 2.45) is 10.2 Å². The minimum absolute atomic E-state index is 0.0120. The molecule has 0 aliphatic rings. The van der Waals surface area contributed by atoms with E-state index in [-0.39, 0.29) is 16.3 Å². The molecule has 140 valence electrons. The van der Waals surface area contributed by atoms with Crippen LogP contribution in [0.2, 0.25) is 0 Å². The third-order valence-corrected chi connectivity index (χ3v) is 4.91. The molecule has 0 saturated carbocycles. The summed E-state index contributed by atoms with van der Waals surface area (Å²) in [5, 5.41) is 9.66. The fourth-order valence-electron chi connectivity index (χ4n) is 2.48. The quantitative estimate of drug-likeness (QED) is 0.388. The van der Waals surface area contributed by atoms with Gasteiger partial charge in [-0.05, 0) is 42.1 Å². The molecule has 27 heavy (non-hydrogen) atoms. The number of hydrogen-bond donors (Lipinski definition) is 1. The number of fused-ring (bicyclic) bond motifs is 1. The molecule has 1 unspecified atom stereocenters. The van der Waals surface area contributed by atoms with Crippen LogP contribution in [0.15, 0.2) is 69.7 Å². The zero-order valence-corrected chi connectivity index (χ0v) is 15.5. The second kappa shape index (κ2) is 7.53. The molecule has 8 nitrogen and oxygen atoms in total. The predicted molar refractivity (Wildman–Crippen MR) is 98.7 cm³/mol. The Bertz CT molecular complexity index is 1180. The van der Waals surface area contributed by atoms with Crippen LogP contribution >= 0.6 is 0 Å². The van der Waals surface area contributed by atoms with Crippen molar-refractivity contribution in [2.75, 3.05) is 0 Å². The molecule has 0 fully saturated rings. The van der Waals surface area contributed by atoms with E-state index in [1.165, 1.54) is 24.3 Å². The maximum Gasteiger partial charge on any atom is 0.294 e. The van der Waals surface area contributed by atoms with Gasteiger partial charge in [0, 0.05) is 5.39 Å². The van der Waals surface area contributed by atoms with Crippen molar-refractivity contribution in [3.8, 4) is 5.75 Å². The van der Waals surface area contributed by atoms with Crippen molar-refractivity contribution in [3.63, 3.8) is 0 Å². The van der Waals surface area contributed by atoms with Crippen molar-refractivity contribution < 1.29 is 25.9 Å². The minimum atomic E-state index is -4.32. The molecule has 3 rings (SSSR count). The predicted octanol–water partition coefficient (Wildman–Crippen LogP) is 3.98. The summed E-state index contributed by atoms with van der Waals surface area (Å²) >= 11 is -2.78. The van der Waals surface area contributed by atoms with E-state index >= 15 is 0 Å². The second-order valence-corrected chi connectivity index (χ2v) is 7.54. The van der Waals surface area contributed by atoms with Gasteiger partial charge < -0.3 is 8.74 Å². The summed E-state index contributed by atoms with van der Waals surface area (Å²) in [6, 6.07) is 14.2. The van der Waals surface area contributed by atoms with Crippen LogP contribution < -0.4 is 4.18 Å². The summed E-state index contributed by atoms with van der Waals surface area (Å²) in [5.41, 5.74) is 1.03. The molecule has 3 aromatic carbocycles. The maximum absolute atomic E-state index is 11.2. The van der Waals surface area contributed by atoms with E-state index in [4.69, 9.17) is 8.74 Å². The lowest BCUT2D eigenvalue weighted by Gasteiger charge is -2.11. The van der Waals surface area contributed by atoms with Gasteiger partial charge in [-0.2, -0.15) is 13.5 Å². The number of rotatable bonds is 5. The normalized spacial score (nSPS) is 13.1. The molecule has 1 N–H and O–H groups in total. The van der Waals surface area contributed by atoms with E-state index in [0.29, 0.717) is 16.6 Å². The average molecular weight is 405 g/mol. The van der Waals surface area contributed by atoms with Crippen molar-refractivity contribution in [3.05, 3.63) is 60.2 Å². The molecule has 10 heteroatoms. The molecule has 0 amide bonds. The van der Waals surface area contributed by atoms with Crippen molar-refractivity contribution in [1.82, 2.24) is 0 Å². The van der Waals surface area contributed by atoms with Crippen molar-refractivity contribution in [2.45, 2.75) is 11.8 Å². The number of benzene rings is 3. The zero-order valence-electron chi connectivity index (χ0n) is 13.9. The van der Waals surface area contributed by atoms with Crippen LogP contribution in [-0.4, -0.2) is 21.7 Å². The highest BCUT2D eigenvalue weighted by molar-refractivity contribution is 7.85. The Hall–Kier alpha value is -2.66. The summed E-state index contributed by atoms with van der Waals surface area (Å²) in [4.78, 5) is -0.255. The summed E-state index contributed by atoms with van der Waals surface area (Å²) in [6.07, 6.45) is 0. The molecule has 0 aliphatic carbocycles. The van der Waals surface area contributed by atoms with Gasteiger partial charge >= 0.3 is 0 Å². The molecule has 1 atom stereocenters. The molecule has 0 heterocycles. The minimum Gasteiger partial charge on any atom is -0.740 e. The van der Waals surface area contributed by atoms with Gasteiger partial charge in [-0.1, -0.05) is 30.3 Å². The molecule has 0 radical (unpaired) electrons. The summed E-state index contributed by atoms with van der Waals surface area (Å²) in [7, 11) is -4.32. The van der Waals surface area contributed by atoms with E-state index in [0.717, 1.165) is 5.39 Å². The monoisotopic (exact) mass is 405 g/mol. The molecular weight excluding hydrogens is 392 g/mol. The Labute approximate surface area is 157 Å². The lowest BCUT2D eigenvalue weighted by molar-refractivity contribution is 0.441. The van der Waals surface area contributed by atoms with Crippen LogP contribution in [0.25, 0.3) is 10.8 Å². The third kappa shape index (κ3) is 4.37. The summed E-state index contributed by atoms with van der Waals surface area (Å²) in [6.45, 7) is 1.61. The molecule has 0 bridgehead atoms. The van der Waals surface area contributed by atoms with Crippen LogP contribution in [0.3, 0.4) is 0 Å². The molecule has 0 spiro atoms. The van der Waals surface area contributed by atoms with Gasteiger partial charge in [0.2, 0.25) is 0 Å².